The Morgan fingerprint density at radius 2 is 1.82 bits per heavy atom. The Hall–Kier alpha value is -2.30. The molecular formula is C23H36FN3O6. The number of carbonyl (C=O) groups excluding carboxylic acids is 1. The number of aliphatic hydroxyl groups is 2. The molecule has 3 N–H and O–H groups in total. The van der Waals surface area contributed by atoms with Crippen LogP contribution < -0.4 is 11.0 Å². The number of aliphatic hydroxyl groups excluding tert-OH is 2. The molecule has 1 aliphatic rings. The van der Waals surface area contributed by atoms with Gasteiger partial charge in [-0.2, -0.15) is 4.98 Å². The largest absolute Gasteiger partial charge is 0.449 e. The van der Waals surface area contributed by atoms with Crippen LogP contribution in [0.5, 0.6) is 0 Å². The van der Waals surface area contributed by atoms with Crippen molar-refractivity contribution in [3.05, 3.63) is 34.7 Å². The fourth-order valence-corrected chi connectivity index (χ4v) is 3.69. The summed E-state index contributed by atoms with van der Waals surface area (Å²) in [5.41, 5.74) is -0.827. The minimum Gasteiger partial charge on any atom is -0.449 e. The lowest BCUT2D eigenvalue weighted by Gasteiger charge is -2.15. The van der Waals surface area contributed by atoms with E-state index in [1.54, 1.807) is 0 Å². The fraction of sp³-hybridized carbons (Fsp3) is 0.696. The quantitative estimate of drug-likeness (QED) is 0.281. The predicted octanol–water partition coefficient (Wildman–Crippen LogP) is 3.66. The van der Waals surface area contributed by atoms with Crippen molar-refractivity contribution in [2.45, 2.75) is 89.6 Å². The molecule has 2 rings (SSSR count). The van der Waals surface area contributed by atoms with Gasteiger partial charge in [-0.3, -0.25) is 9.88 Å². The van der Waals surface area contributed by atoms with Crippen LogP contribution >= 0.6 is 0 Å². The summed E-state index contributed by atoms with van der Waals surface area (Å²) in [4.78, 5) is 27.7. The van der Waals surface area contributed by atoms with Crippen LogP contribution in [0.25, 0.3) is 0 Å². The maximum Gasteiger partial charge on any atom is 0.412 e. The van der Waals surface area contributed by atoms with E-state index in [0.717, 1.165) is 30.0 Å². The third kappa shape index (κ3) is 8.21. The number of carbonyl (C=O) groups is 1. The monoisotopic (exact) mass is 469 g/mol. The zero-order valence-electron chi connectivity index (χ0n) is 19.3. The second-order valence-electron chi connectivity index (χ2n) is 8.30. The van der Waals surface area contributed by atoms with Gasteiger partial charge in [0.2, 0.25) is 0 Å². The molecule has 186 valence electrons. The molecule has 0 saturated carbocycles. The topological polar surface area (TPSA) is 123 Å². The molecule has 9 nitrogen and oxygen atoms in total. The molecule has 0 bridgehead atoms. The molecule has 1 aliphatic heterocycles. The molecule has 0 unspecified atom stereocenters. The number of hydrogen-bond donors (Lipinski definition) is 3. The number of hydrogen-bond acceptors (Lipinski definition) is 7. The number of rotatable bonds is 14. The Morgan fingerprint density at radius 3 is 2.39 bits per heavy atom. The van der Waals surface area contributed by atoms with Gasteiger partial charge in [-0.05, 0) is 6.42 Å². The minimum atomic E-state index is -1.20. The van der Waals surface area contributed by atoms with Gasteiger partial charge in [-0.1, -0.05) is 71.3 Å². The lowest BCUT2D eigenvalue weighted by Crippen LogP contribution is -2.30. The summed E-state index contributed by atoms with van der Waals surface area (Å²) in [5, 5.41) is 21.3. The predicted molar refractivity (Wildman–Crippen MR) is 121 cm³/mol. The molecule has 1 amide bonds. The van der Waals surface area contributed by atoms with Crippen LogP contribution in [-0.2, 0) is 9.47 Å². The fourth-order valence-electron chi connectivity index (χ4n) is 3.69. The van der Waals surface area contributed by atoms with E-state index in [4.69, 9.17) is 9.47 Å². The summed E-state index contributed by atoms with van der Waals surface area (Å²) in [6, 6.07) is 0. The van der Waals surface area contributed by atoms with Crippen LogP contribution in [0.3, 0.4) is 0 Å². The van der Waals surface area contributed by atoms with Crippen LogP contribution in [0.4, 0.5) is 15.0 Å². The number of amides is 1. The van der Waals surface area contributed by atoms with E-state index in [2.05, 4.69) is 23.8 Å². The van der Waals surface area contributed by atoms with Crippen molar-refractivity contribution >= 4 is 11.9 Å². The molecule has 1 saturated heterocycles. The van der Waals surface area contributed by atoms with Crippen LogP contribution in [0.2, 0.25) is 0 Å². The minimum absolute atomic E-state index is 0.0916. The zero-order chi connectivity index (χ0) is 24.2. The summed E-state index contributed by atoms with van der Waals surface area (Å²) >= 11 is 0. The highest BCUT2D eigenvalue weighted by atomic mass is 19.1. The van der Waals surface area contributed by atoms with E-state index in [0.29, 0.717) is 6.42 Å². The van der Waals surface area contributed by atoms with E-state index in [1.807, 2.05) is 0 Å². The first-order chi connectivity index (χ1) is 15.9. The average molecular weight is 470 g/mol. The second kappa shape index (κ2) is 14.1. The smallest absolute Gasteiger partial charge is 0.412 e. The molecule has 1 aromatic heterocycles. The van der Waals surface area contributed by atoms with Crippen LogP contribution in [0, 0.1) is 5.82 Å². The lowest BCUT2D eigenvalue weighted by molar-refractivity contribution is -0.0449. The van der Waals surface area contributed by atoms with Crippen LogP contribution in [-0.4, -0.2) is 51.3 Å². The number of anilines is 1. The van der Waals surface area contributed by atoms with Gasteiger partial charge in [0.15, 0.2) is 17.9 Å². The molecule has 0 aliphatic carbocycles. The summed E-state index contributed by atoms with van der Waals surface area (Å²) < 4.78 is 25.6. The second-order valence-corrected chi connectivity index (χ2v) is 8.30. The average Bonchev–Trinajstić information content (AvgIpc) is 3.08. The molecule has 0 spiro atoms. The van der Waals surface area contributed by atoms with Gasteiger partial charge in [0, 0.05) is 5.57 Å². The Morgan fingerprint density at radius 1 is 1.21 bits per heavy atom. The number of nitrogens with one attached hydrogen (secondary N) is 1. The highest BCUT2D eigenvalue weighted by Gasteiger charge is 2.39. The SMILES string of the molecule is C=C1[C@H](n2cc(F)c(NC(=O)OCCCCCCCCCCCC)nc2=O)O[C@H](CO)[C@H]1O. The van der Waals surface area contributed by atoms with Gasteiger partial charge in [-0.25, -0.2) is 14.0 Å². The van der Waals surface area contributed by atoms with Crippen LogP contribution in [0.1, 0.15) is 77.4 Å². The third-order valence-corrected chi connectivity index (χ3v) is 5.64. The van der Waals surface area contributed by atoms with Crippen molar-refractivity contribution < 1.29 is 28.9 Å². The third-order valence-electron chi connectivity index (χ3n) is 5.64. The van der Waals surface area contributed by atoms with Crippen molar-refractivity contribution in [2.24, 2.45) is 0 Å². The Kier molecular flexibility index (Phi) is 11.5. The molecule has 10 heteroatoms. The number of aromatic nitrogens is 2. The van der Waals surface area contributed by atoms with Crippen molar-refractivity contribution in [1.82, 2.24) is 9.55 Å². The van der Waals surface area contributed by atoms with E-state index < -0.39 is 48.5 Å². The highest BCUT2D eigenvalue weighted by molar-refractivity contribution is 5.83. The van der Waals surface area contributed by atoms with Gasteiger partial charge in [0.05, 0.1) is 19.4 Å². The highest BCUT2D eigenvalue weighted by Crippen LogP contribution is 2.32. The van der Waals surface area contributed by atoms with E-state index in [1.165, 1.54) is 38.5 Å². The van der Waals surface area contributed by atoms with Crippen molar-refractivity contribution in [2.75, 3.05) is 18.5 Å². The Balaban J connectivity index is 1.72. The van der Waals surface area contributed by atoms with Crippen molar-refractivity contribution in [3.63, 3.8) is 0 Å². The summed E-state index contributed by atoms with van der Waals surface area (Å²) in [6.45, 7) is 5.53. The van der Waals surface area contributed by atoms with Gasteiger partial charge < -0.3 is 19.7 Å². The molecule has 1 aromatic rings. The van der Waals surface area contributed by atoms with E-state index in [9.17, 15) is 24.2 Å². The number of unbranched alkanes of at least 4 members (excludes halogenated alkanes) is 9. The van der Waals surface area contributed by atoms with E-state index in [-0.39, 0.29) is 12.2 Å². The molecule has 33 heavy (non-hydrogen) atoms. The maximum atomic E-state index is 14.4. The van der Waals surface area contributed by atoms with Gasteiger partial charge in [0.1, 0.15) is 12.2 Å². The van der Waals surface area contributed by atoms with Gasteiger partial charge in [0.25, 0.3) is 0 Å². The molecule has 2 heterocycles. The number of ether oxygens (including phenoxy) is 2. The maximum absolute atomic E-state index is 14.4. The molecular weight excluding hydrogens is 433 g/mol. The van der Waals surface area contributed by atoms with Gasteiger partial charge >= 0.3 is 11.8 Å². The number of nitrogens with zero attached hydrogens (tertiary/aromatic N) is 2. The first-order valence-electron chi connectivity index (χ1n) is 11.7. The van der Waals surface area contributed by atoms with E-state index >= 15 is 0 Å². The summed E-state index contributed by atoms with van der Waals surface area (Å²) in [7, 11) is 0. The first kappa shape index (κ1) is 26.9. The van der Waals surface area contributed by atoms with Crippen molar-refractivity contribution in [1.29, 1.82) is 0 Å². The van der Waals surface area contributed by atoms with Crippen molar-refractivity contribution in [3.8, 4) is 0 Å². The Bertz CT molecular complexity index is 831. The molecule has 0 radical (unpaired) electrons. The lowest BCUT2D eigenvalue weighted by atomic mass is 10.1. The molecule has 0 aromatic carbocycles. The zero-order valence-corrected chi connectivity index (χ0v) is 19.3. The molecule has 3 atom stereocenters. The Labute approximate surface area is 193 Å². The standard InChI is InChI=1S/C23H36FN3O6/c1-3-4-5-6-7-8-9-10-11-12-13-32-23(31)26-20-17(24)14-27(22(30)25-20)21-16(2)19(29)18(15-28)33-21/h14,18-19,21,28-29H,2-13,15H2,1H3,(H,25,26,30,31)/t18-,19+,21-/m1/s1. The number of halogens is 1. The molecule has 1 fully saturated rings. The normalized spacial score (nSPS) is 20.2. The van der Waals surface area contributed by atoms with Crippen LogP contribution in [0.15, 0.2) is 23.1 Å². The summed E-state index contributed by atoms with van der Waals surface area (Å²) in [5.74, 6) is -1.55. The summed E-state index contributed by atoms with van der Waals surface area (Å²) in [6.07, 6.45) is 8.08. The van der Waals surface area contributed by atoms with Gasteiger partial charge in [-0.15, -0.1) is 0 Å². The first-order valence-corrected chi connectivity index (χ1v) is 11.7.